The quantitative estimate of drug-likeness (QED) is 0.524. The number of aromatic nitrogens is 3. The predicted octanol–water partition coefficient (Wildman–Crippen LogP) is 2.52. The lowest BCUT2D eigenvalue weighted by Crippen LogP contribution is -2.31. The van der Waals surface area contributed by atoms with Crippen LogP contribution in [-0.2, 0) is 13.6 Å². The lowest BCUT2D eigenvalue weighted by molar-refractivity contribution is 0.101. The lowest BCUT2D eigenvalue weighted by atomic mass is 10.1. The number of carbonyl (C=O) groups is 1. The van der Waals surface area contributed by atoms with Gasteiger partial charge in [-0.2, -0.15) is 0 Å². The Bertz CT molecular complexity index is 1280. The summed E-state index contributed by atoms with van der Waals surface area (Å²) in [7, 11) is 3.25. The number of amides is 1. The second-order valence-corrected chi connectivity index (χ2v) is 6.88. The average Bonchev–Trinajstić information content (AvgIpc) is 3.25. The van der Waals surface area contributed by atoms with Crippen molar-refractivity contribution in [3.63, 3.8) is 0 Å². The maximum Gasteiger partial charge on any atom is 0.297 e. The van der Waals surface area contributed by atoms with Gasteiger partial charge in [-0.1, -0.05) is 41.6 Å². The van der Waals surface area contributed by atoms with E-state index in [4.69, 9.17) is 0 Å². The molecule has 30 heavy (non-hydrogen) atoms. The largest absolute Gasteiger partial charge is 0.501 e. The number of rotatable bonds is 5. The number of fused-ring (bicyclic) bond motifs is 1. The maximum absolute atomic E-state index is 12.5. The molecule has 0 spiro atoms. The normalized spacial score (nSPS) is 10.9. The van der Waals surface area contributed by atoms with Crippen molar-refractivity contribution in [3.8, 4) is 5.75 Å². The molecule has 0 unspecified atom stereocenters. The van der Waals surface area contributed by atoms with Crippen LogP contribution in [0.25, 0.3) is 10.8 Å². The summed E-state index contributed by atoms with van der Waals surface area (Å²) in [6.45, 7) is 0.447. The van der Waals surface area contributed by atoms with E-state index in [1.54, 1.807) is 11.9 Å². The highest BCUT2D eigenvalue weighted by Crippen LogP contribution is 2.20. The van der Waals surface area contributed by atoms with Gasteiger partial charge in [0.15, 0.2) is 5.69 Å². The third-order valence-electron chi connectivity index (χ3n) is 4.72. The van der Waals surface area contributed by atoms with Crippen molar-refractivity contribution in [2.24, 2.45) is 7.05 Å². The molecule has 0 aliphatic heterocycles. The summed E-state index contributed by atoms with van der Waals surface area (Å²) in [5.41, 5.74) is 0.197. The molecule has 0 atom stereocenters. The van der Waals surface area contributed by atoms with Crippen molar-refractivity contribution in [1.29, 1.82) is 0 Å². The van der Waals surface area contributed by atoms with Gasteiger partial charge in [0, 0.05) is 20.6 Å². The number of nitrogens with one attached hydrogen (secondary N) is 1. The Kier molecular flexibility index (Phi) is 4.93. The zero-order valence-electron chi connectivity index (χ0n) is 16.4. The van der Waals surface area contributed by atoms with Gasteiger partial charge in [0.1, 0.15) is 12.0 Å². The van der Waals surface area contributed by atoms with Crippen LogP contribution in [0.15, 0.2) is 64.2 Å². The average molecular weight is 405 g/mol. The highest BCUT2D eigenvalue weighted by molar-refractivity contribution is 6.04. The molecule has 0 fully saturated rings. The van der Waals surface area contributed by atoms with Gasteiger partial charge in [0.25, 0.3) is 11.5 Å². The van der Waals surface area contributed by atoms with Crippen molar-refractivity contribution in [1.82, 2.24) is 14.7 Å². The SMILES string of the molecule is CN(Cc1ccc2ccccc2c1)c1nc(C(=O)Nc2cnoc2)c(O)c(=O)n1C. The van der Waals surface area contributed by atoms with Gasteiger partial charge in [-0.25, -0.2) is 4.98 Å². The van der Waals surface area contributed by atoms with Crippen molar-refractivity contribution in [3.05, 3.63) is 76.5 Å². The first-order valence-electron chi connectivity index (χ1n) is 9.13. The fourth-order valence-corrected chi connectivity index (χ4v) is 3.22. The third-order valence-corrected chi connectivity index (χ3v) is 4.72. The van der Waals surface area contributed by atoms with E-state index in [2.05, 4.69) is 26.0 Å². The van der Waals surface area contributed by atoms with Crippen LogP contribution >= 0.6 is 0 Å². The highest BCUT2D eigenvalue weighted by atomic mass is 16.5. The van der Waals surface area contributed by atoms with Crippen molar-refractivity contribution >= 4 is 28.3 Å². The second-order valence-electron chi connectivity index (χ2n) is 6.88. The minimum Gasteiger partial charge on any atom is -0.501 e. The van der Waals surface area contributed by atoms with Gasteiger partial charge in [-0.15, -0.1) is 0 Å². The van der Waals surface area contributed by atoms with Crippen LogP contribution in [0, 0.1) is 0 Å². The van der Waals surface area contributed by atoms with Gasteiger partial charge in [-0.3, -0.25) is 14.2 Å². The molecule has 2 aromatic carbocycles. The summed E-state index contributed by atoms with van der Waals surface area (Å²) in [6, 6.07) is 14.1. The van der Waals surface area contributed by atoms with E-state index in [0.29, 0.717) is 6.54 Å². The number of nitrogens with zero attached hydrogens (tertiary/aromatic N) is 4. The lowest BCUT2D eigenvalue weighted by Gasteiger charge is -2.21. The van der Waals surface area contributed by atoms with Crippen LogP contribution in [0.3, 0.4) is 0 Å². The molecule has 4 aromatic rings. The smallest absolute Gasteiger partial charge is 0.297 e. The molecule has 0 aliphatic rings. The maximum atomic E-state index is 12.5. The number of aromatic hydroxyl groups is 1. The Labute approximate surface area is 171 Å². The van der Waals surface area contributed by atoms with E-state index in [9.17, 15) is 14.7 Å². The molecule has 2 aromatic heterocycles. The molecule has 0 bridgehead atoms. The van der Waals surface area contributed by atoms with Gasteiger partial charge in [0.2, 0.25) is 11.7 Å². The summed E-state index contributed by atoms with van der Waals surface area (Å²) >= 11 is 0. The van der Waals surface area contributed by atoms with Crippen LogP contribution < -0.4 is 15.8 Å². The van der Waals surface area contributed by atoms with Crippen LogP contribution in [0.1, 0.15) is 16.1 Å². The van der Waals surface area contributed by atoms with Gasteiger partial charge < -0.3 is 19.8 Å². The topological polar surface area (TPSA) is 113 Å². The molecule has 9 nitrogen and oxygen atoms in total. The summed E-state index contributed by atoms with van der Waals surface area (Å²) in [5, 5.41) is 18.4. The molecular weight excluding hydrogens is 386 g/mol. The first-order chi connectivity index (χ1) is 14.4. The van der Waals surface area contributed by atoms with Crippen molar-refractivity contribution in [2.45, 2.75) is 6.54 Å². The summed E-state index contributed by atoms with van der Waals surface area (Å²) in [5.74, 6) is -1.23. The summed E-state index contributed by atoms with van der Waals surface area (Å²) < 4.78 is 5.86. The predicted molar refractivity (Wildman–Crippen MR) is 112 cm³/mol. The van der Waals surface area contributed by atoms with Crippen LogP contribution in [0.5, 0.6) is 5.75 Å². The van der Waals surface area contributed by atoms with Gasteiger partial charge in [0.05, 0.1) is 6.20 Å². The van der Waals surface area contributed by atoms with E-state index in [0.717, 1.165) is 16.3 Å². The van der Waals surface area contributed by atoms with E-state index < -0.39 is 17.2 Å². The van der Waals surface area contributed by atoms with Gasteiger partial charge in [-0.05, 0) is 22.4 Å². The van der Waals surface area contributed by atoms with Crippen molar-refractivity contribution in [2.75, 3.05) is 17.3 Å². The van der Waals surface area contributed by atoms with Crippen LogP contribution in [0.4, 0.5) is 11.6 Å². The number of anilines is 2. The molecule has 2 heterocycles. The van der Waals surface area contributed by atoms with E-state index in [1.165, 1.54) is 24.1 Å². The Morgan fingerprint density at radius 1 is 1.23 bits per heavy atom. The van der Waals surface area contributed by atoms with E-state index in [1.807, 2.05) is 36.4 Å². The molecule has 0 radical (unpaired) electrons. The molecule has 4 rings (SSSR count). The first kappa shape index (κ1) is 19.2. The highest BCUT2D eigenvalue weighted by Gasteiger charge is 2.22. The minimum absolute atomic E-state index is 0.237. The number of benzene rings is 2. The Morgan fingerprint density at radius 2 is 2.00 bits per heavy atom. The standard InChI is InChI=1S/C21H19N5O4/c1-25(11-13-7-8-14-5-3-4-6-15(14)9-13)21-24-17(18(27)20(29)26(21)2)19(28)23-16-10-22-30-12-16/h3-10,12,27H,11H2,1-2H3,(H,23,28). The molecule has 0 saturated heterocycles. The summed E-state index contributed by atoms with van der Waals surface area (Å²) in [6.07, 6.45) is 2.52. The van der Waals surface area contributed by atoms with E-state index in [-0.39, 0.29) is 17.3 Å². The third kappa shape index (κ3) is 3.60. The Morgan fingerprint density at radius 3 is 2.73 bits per heavy atom. The molecule has 152 valence electrons. The Balaban J connectivity index is 1.65. The molecule has 0 saturated carbocycles. The first-order valence-corrected chi connectivity index (χ1v) is 9.13. The molecule has 9 heteroatoms. The minimum atomic E-state index is -0.742. The van der Waals surface area contributed by atoms with Gasteiger partial charge >= 0.3 is 0 Å². The molecule has 2 N–H and O–H groups in total. The van der Waals surface area contributed by atoms with E-state index >= 15 is 0 Å². The van der Waals surface area contributed by atoms with Crippen LogP contribution in [0.2, 0.25) is 0 Å². The monoisotopic (exact) mass is 405 g/mol. The molecule has 0 aliphatic carbocycles. The molecule has 1 amide bonds. The summed E-state index contributed by atoms with van der Waals surface area (Å²) in [4.78, 5) is 31.0. The van der Waals surface area contributed by atoms with Crippen molar-refractivity contribution < 1.29 is 14.4 Å². The Hall–Kier alpha value is -4.14. The fraction of sp³-hybridized carbons (Fsp3) is 0.143. The van der Waals surface area contributed by atoms with Crippen LogP contribution in [-0.4, -0.2) is 32.8 Å². The zero-order chi connectivity index (χ0) is 21.3. The zero-order valence-corrected chi connectivity index (χ0v) is 16.4. The number of carbonyl (C=O) groups excluding carboxylic acids is 1. The fourth-order valence-electron chi connectivity index (χ4n) is 3.22. The second kappa shape index (κ2) is 7.70. The number of hydrogen-bond acceptors (Lipinski definition) is 7. The molecular formula is C21H19N5O4. The number of hydrogen-bond donors (Lipinski definition) is 2.